The topological polar surface area (TPSA) is 71.1 Å². The van der Waals surface area contributed by atoms with E-state index in [1.165, 1.54) is 0 Å². The van der Waals surface area contributed by atoms with Gasteiger partial charge in [0.2, 0.25) is 5.78 Å². The molecule has 2 aromatic rings. The Labute approximate surface area is 181 Å². The average Bonchev–Trinajstić information content (AvgIpc) is 3.00. The number of allylic oxidation sites excluding steroid dienone is 1. The van der Waals surface area contributed by atoms with Gasteiger partial charge in [-0.05, 0) is 63.6 Å². The molecule has 0 fully saturated rings. The number of benzene rings is 2. The van der Waals surface area contributed by atoms with Gasteiger partial charge in [0.1, 0.15) is 29.0 Å². The molecule has 0 unspecified atom stereocenters. The van der Waals surface area contributed by atoms with E-state index in [9.17, 15) is 9.59 Å². The molecular weight excluding hydrogens is 396 g/mol. The molecule has 1 atom stereocenters. The standard InChI is InChI=1S/C25H24O6/c1-15-17(11-16-7-5-6-8-20(16)29-15)12-22-24(27)19-10-9-18(13-21(19)30-22)28-14-23(26)31-25(2,3)4/h5-13,15H,14H2,1-4H3/b22-12-/t15-/m0/s1. The minimum Gasteiger partial charge on any atom is -0.485 e. The van der Waals surface area contributed by atoms with Crippen molar-refractivity contribution in [1.29, 1.82) is 0 Å². The van der Waals surface area contributed by atoms with Crippen LogP contribution >= 0.6 is 0 Å². The third-order valence-electron chi connectivity index (χ3n) is 4.73. The molecule has 6 heteroatoms. The van der Waals surface area contributed by atoms with Gasteiger partial charge in [-0.25, -0.2) is 4.79 Å². The van der Waals surface area contributed by atoms with Crippen LogP contribution < -0.4 is 14.2 Å². The number of hydrogen-bond acceptors (Lipinski definition) is 6. The highest BCUT2D eigenvalue weighted by Gasteiger charge is 2.29. The van der Waals surface area contributed by atoms with Crippen molar-refractivity contribution in [3.05, 3.63) is 71.0 Å². The maximum atomic E-state index is 12.8. The quantitative estimate of drug-likeness (QED) is 0.526. The molecule has 4 rings (SSSR count). The lowest BCUT2D eigenvalue weighted by Gasteiger charge is -2.22. The van der Waals surface area contributed by atoms with Gasteiger partial charge in [0.25, 0.3) is 0 Å². The molecule has 0 saturated carbocycles. The molecule has 0 aromatic heterocycles. The minimum atomic E-state index is -0.581. The lowest BCUT2D eigenvalue weighted by atomic mass is 10.0. The van der Waals surface area contributed by atoms with E-state index in [2.05, 4.69) is 0 Å². The van der Waals surface area contributed by atoms with Crippen LogP contribution in [0.15, 0.2) is 59.9 Å². The molecule has 0 spiro atoms. The van der Waals surface area contributed by atoms with Crippen LogP contribution in [0.2, 0.25) is 0 Å². The van der Waals surface area contributed by atoms with Gasteiger partial charge in [0, 0.05) is 11.6 Å². The Kier molecular flexibility index (Phi) is 5.31. The Hall–Kier alpha value is -3.54. The molecule has 0 N–H and O–H groups in total. The molecule has 6 nitrogen and oxygen atoms in total. The number of carbonyl (C=O) groups is 2. The van der Waals surface area contributed by atoms with Crippen LogP contribution in [0.4, 0.5) is 0 Å². The van der Waals surface area contributed by atoms with Gasteiger partial charge in [0.15, 0.2) is 12.4 Å². The number of fused-ring (bicyclic) bond motifs is 2. The molecule has 0 bridgehead atoms. The Balaban J connectivity index is 1.49. The van der Waals surface area contributed by atoms with Gasteiger partial charge in [-0.3, -0.25) is 4.79 Å². The number of Topliss-reactive ketones (excluding diaryl/α,β-unsaturated/α-hetero) is 1. The fraction of sp³-hybridized carbons (Fsp3) is 0.280. The van der Waals surface area contributed by atoms with Crippen molar-refractivity contribution in [2.45, 2.75) is 39.4 Å². The predicted octanol–water partition coefficient (Wildman–Crippen LogP) is 4.73. The van der Waals surface area contributed by atoms with Crippen LogP contribution in [-0.4, -0.2) is 30.1 Å². The predicted molar refractivity (Wildman–Crippen MR) is 115 cm³/mol. The minimum absolute atomic E-state index is 0.208. The number of carbonyl (C=O) groups excluding carboxylic acids is 2. The lowest BCUT2D eigenvalue weighted by Crippen LogP contribution is -2.27. The van der Waals surface area contributed by atoms with Gasteiger partial charge in [0.05, 0.1) is 5.56 Å². The third-order valence-corrected chi connectivity index (χ3v) is 4.73. The van der Waals surface area contributed by atoms with Crippen LogP contribution in [0.25, 0.3) is 6.08 Å². The second-order valence-corrected chi connectivity index (χ2v) is 8.42. The summed E-state index contributed by atoms with van der Waals surface area (Å²) in [6.07, 6.45) is 3.49. The van der Waals surface area contributed by atoms with Gasteiger partial charge in [-0.2, -0.15) is 0 Å². The molecule has 2 aliphatic rings. The first kappa shape index (κ1) is 20.7. The summed E-state index contributed by atoms with van der Waals surface area (Å²) >= 11 is 0. The molecule has 160 valence electrons. The SMILES string of the molecule is C[C@@H]1Oc2ccccc2C=C1/C=C1\Oc2cc(OCC(=O)OC(C)(C)C)ccc2C1=O. The zero-order valence-electron chi connectivity index (χ0n) is 17.9. The van der Waals surface area contributed by atoms with E-state index in [1.807, 2.05) is 37.3 Å². The molecule has 0 radical (unpaired) electrons. The van der Waals surface area contributed by atoms with Crippen LogP contribution in [0, 0.1) is 0 Å². The molecule has 2 aromatic carbocycles. The molecule has 0 saturated heterocycles. The first-order valence-corrected chi connectivity index (χ1v) is 10.1. The normalized spacial score (nSPS) is 18.5. The van der Waals surface area contributed by atoms with E-state index in [1.54, 1.807) is 45.0 Å². The summed E-state index contributed by atoms with van der Waals surface area (Å²) < 4.78 is 22.5. The molecular formula is C25H24O6. The van der Waals surface area contributed by atoms with Gasteiger partial charge >= 0.3 is 5.97 Å². The zero-order chi connectivity index (χ0) is 22.2. The maximum absolute atomic E-state index is 12.8. The summed E-state index contributed by atoms with van der Waals surface area (Å²) in [5.74, 6) is 1.17. The zero-order valence-corrected chi connectivity index (χ0v) is 17.9. The largest absolute Gasteiger partial charge is 0.485 e. The van der Waals surface area contributed by atoms with Crippen LogP contribution in [0.1, 0.15) is 43.6 Å². The highest BCUT2D eigenvalue weighted by atomic mass is 16.6. The maximum Gasteiger partial charge on any atom is 0.344 e. The number of hydrogen-bond donors (Lipinski definition) is 0. The van der Waals surface area contributed by atoms with Crippen molar-refractivity contribution in [2.75, 3.05) is 6.61 Å². The Morgan fingerprint density at radius 3 is 2.68 bits per heavy atom. The first-order valence-electron chi connectivity index (χ1n) is 10.1. The number of para-hydroxylation sites is 1. The Bertz CT molecular complexity index is 1100. The number of esters is 1. The first-order chi connectivity index (χ1) is 14.7. The van der Waals surface area contributed by atoms with Crippen molar-refractivity contribution >= 4 is 17.8 Å². The summed E-state index contributed by atoms with van der Waals surface area (Å²) in [4.78, 5) is 24.6. The molecule has 0 aliphatic carbocycles. The van der Waals surface area contributed by atoms with E-state index >= 15 is 0 Å². The number of rotatable bonds is 4. The average molecular weight is 420 g/mol. The van der Waals surface area contributed by atoms with Crippen LogP contribution in [-0.2, 0) is 9.53 Å². The monoisotopic (exact) mass is 420 g/mol. The number of ether oxygens (including phenoxy) is 4. The highest BCUT2D eigenvalue weighted by Crippen LogP contribution is 2.36. The van der Waals surface area contributed by atoms with E-state index in [-0.39, 0.29) is 24.3 Å². The van der Waals surface area contributed by atoms with Gasteiger partial charge in [-0.1, -0.05) is 18.2 Å². The summed E-state index contributed by atoms with van der Waals surface area (Å²) in [7, 11) is 0. The van der Waals surface area contributed by atoms with Gasteiger partial charge in [-0.15, -0.1) is 0 Å². The van der Waals surface area contributed by atoms with Crippen molar-refractivity contribution < 1.29 is 28.5 Å². The van der Waals surface area contributed by atoms with Crippen molar-refractivity contribution in [3.63, 3.8) is 0 Å². The molecule has 0 amide bonds. The van der Waals surface area contributed by atoms with Gasteiger partial charge < -0.3 is 18.9 Å². The summed E-state index contributed by atoms with van der Waals surface area (Å²) in [5.41, 5.74) is 1.66. The summed E-state index contributed by atoms with van der Waals surface area (Å²) in [6.45, 7) is 7.07. The summed E-state index contributed by atoms with van der Waals surface area (Å²) in [5, 5.41) is 0. The Morgan fingerprint density at radius 2 is 1.90 bits per heavy atom. The highest BCUT2D eigenvalue weighted by molar-refractivity contribution is 6.12. The van der Waals surface area contributed by atoms with Crippen LogP contribution in [0.5, 0.6) is 17.2 Å². The van der Waals surface area contributed by atoms with Crippen LogP contribution in [0.3, 0.4) is 0 Å². The fourth-order valence-corrected chi connectivity index (χ4v) is 3.34. The van der Waals surface area contributed by atoms with E-state index in [0.717, 1.165) is 16.9 Å². The third kappa shape index (κ3) is 4.63. The second kappa shape index (κ2) is 7.95. The fourth-order valence-electron chi connectivity index (χ4n) is 3.34. The van der Waals surface area contributed by atoms with E-state index in [0.29, 0.717) is 17.1 Å². The molecule has 2 heterocycles. The summed E-state index contributed by atoms with van der Waals surface area (Å²) in [6, 6.07) is 12.6. The van der Waals surface area contributed by atoms with Crippen molar-refractivity contribution in [3.8, 4) is 17.2 Å². The smallest absolute Gasteiger partial charge is 0.344 e. The lowest BCUT2D eigenvalue weighted by molar-refractivity contribution is -0.157. The molecule has 2 aliphatic heterocycles. The number of ketones is 1. The molecule has 31 heavy (non-hydrogen) atoms. The van der Waals surface area contributed by atoms with Crippen molar-refractivity contribution in [1.82, 2.24) is 0 Å². The van der Waals surface area contributed by atoms with E-state index in [4.69, 9.17) is 18.9 Å². The van der Waals surface area contributed by atoms with E-state index < -0.39 is 11.6 Å². The second-order valence-electron chi connectivity index (χ2n) is 8.42. The van der Waals surface area contributed by atoms with Crippen molar-refractivity contribution in [2.24, 2.45) is 0 Å². The Morgan fingerprint density at radius 1 is 1.13 bits per heavy atom.